The third-order valence-corrected chi connectivity index (χ3v) is 4.10. The molecule has 0 bridgehead atoms. The van der Waals surface area contributed by atoms with Crippen LogP contribution < -0.4 is 17.2 Å². The molecule has 1 aliphatic heterocycles. The van der Waals surface area contributed by atoms with Crippen molar-refractivity contribution in [1.29, 1.82) is 0 Å². The van der Waals surface area contributed by atoms with Crippen molar-refractivity contribution in [2.45, 2.75) is 19.1 Å². The van der Waals surface area contributed by atoms with Gasteiger partial charge in [0.2, 0.25) is 0 Å². The Labute approximate surface area is 164 Å². The van der Waals surface area contributed by atoms with Crippen molar-refractivity contribution in [2.75, 3.05) is 52.9 Å². The summed E-state index contributed by atoms with van der Waals surface area (Å²) in [6, 6.07) is 7.49. The third kappa shape index (κ3) is 11.0. The molecule has 2 rings (SSSR count). The molecule has 7 N–H and O–H groups in total. The van der Waals surface area contributed by atoms with E-state index in [0.717, 1.165) is 24.1 Å². The van der Waals surface area contributed by atoms with E-state index < -0.39 is 6.10 Å². The molecule has 25 heavy (non-hydrogen) atoms. The van der Waals surface area contributed by atoms with E-state index >= 15 is 0 Å². The van der Waals surface area contributed by atoms with Crippen molar-refractivity contribution < 1.29 is 5.11 Å². The summed E-state index contributed by atoms with van der Waals surface area (Å²) >= 11 is 0. The van der Waals surface area contributed by atoms with E-state index in [9.17, 15) is 5.11 Å². The molecule has 0 saturated carbocycles. The minimum Gasteiger partial charge on any atom is -0.387 e. The Morgan fingerprint density at radius 3 is 2.00 bits per heavy atom. The largest absolute Gasteiger partial charge is 0.387 e. The fourth-order valence-corrected chi connectivity index (χ4v) is 2.40. The van der Waals surface area contributed by atoms with Crippen LogP contribution in [0.1, 0.15) is 23.7 Å². The summed E-state index contributed by atoms with van der Waals surface area (Å²) in [7, 11) is 2.18. The molecule has 1 aromatic rings. The number of benzene rings is 1. The SMILES string of the molecule is CN1CCN(CCCN)CC1.Cl.Cl.NCc1ccc(C(O)CN)cc1. The predicted molar refractivity (Wildman–Crippen MR) is 110 cm³/mol. The number of likely N-dealkylation sites (N-methyl/N-ethyl adjacent to an activating group) is 1. The van der Waals surface area contributed by atoms with Gasteiger partial charge < -0.3 is 32.1 Å². The van der Waals surface area contributed by atoms with E-state index in [1.807, 2.05) is 24.3 Å². The maximum absolute atomic E-state index is 9.34. The maximum atomic E-state index is 9.34. The number of aliphatic hydroxyl groups is 1. The Morgan fingerprint density at radius 2 is 1.56 bits per heavy atom. The van der Waals surface area contributed by atoms with Crippen LogP contribution in [0.4, 0.5) is 0 Å². The summed E-state index contributed by atoms with van der Waals surface area (Å²) in [4.78, 5) is 4.87. The molecule has 1 aliphatic rings. The average molecular weight is 396 g/mol. The van der Waals surface area contributed by atoms with Crippen molar-refractivity contribution in [2.24, 2.45) is 17.2 Å². The lowest BCUT2D eigenvalue weighted by atomic mass is 10.1. The van der Waals surface area contributed by atoms with E-state index in [1.165, 1.54) is 32.7 Å². The first-order chi connectivity index (χ1) is 11.1. The van der Waals surface area contributed by atoms with E-state index in [2.05, 4.69) is 16.8 Å². The zero-order valence-corrected chi connectivity index (χ0v) is 16.8. The molecule has 0 aliphatic carbocycles. The molecule has 1 aromatic carbocycles. The summed E-state index contributed by atoms with van der Waals surface area (Å²) in [6.07, 6.45) is 0.584. The number of aliphatic hydroxyl groups excluding tert-OH is 1. The Hall–Kier alpha value is -0.440. The van der Waals surface area contributed by atoms with Crippen LogP contribution in [0, 0.1) is 0 Å². The van der Waals surface area contributed by atoms with Gasteiger partial charge in [-0.1, -0.05) is 24.3 Å². The molecular weight excluding hydrogens is 361 g/mol. The van der Waals surface area contributed by atoms with Crippen LogP contribution in [-0.2, 0) is 6.54 Å². The zero-order valence-electron chi connectivity index (χ0n) is 15.1. The lowest BCUT2D eigenvalue weighted by molar-refractivity contribution is 0.153. The smallest absolute Gasteiger partial charge is 0.0912 e. The summed E-state index contributed by atoms with van der Waals surface area (Å²) in [5.41, 5.74) is 18.1. The summed E-state index contributed by atoms with van der Waals surface area (Å²) in [5.74, 6) is 0. The van der Waals surface area contributed by atoms with Gasteiger partial charge >= 0.3 is 0 Å². The van der Waals surface area contributed by atoms with Gasteiger partial charge in [-0.15, -0.1) is 24.8 Å². The number of halogens is 2. The molecule has 1 fully saturated rings. The highest BCUT2D eigenvalue weighted by Gasteiger charge is 2.12. The monoisotopic (exact) mass is 395 g/mol. The molecule has 0 spiro atoms. The van der Waals surface area contributed by atoms with Gasteiger partial charge in [-0.2, -0.15) is 0 Å². The second-order valence-corrected chi connectivity index (χ2v) is 5.98. The molecule has 0 amide bonds. The first kappa shape index (κ1) is 26.8. The Kier molecular flexibility index (Phi) is 16.9. The van der Waals surface area contributed by atoms with Crippen LogP contribution in [0.3, 0.4) is 0 Å². The van der Waals surface area contributed by atoms with Gasteiger partial charge in [-0.3, -0.25) is 0 Å². The number of rotatable bonds is 6. The normalized spacial score (nSPS) is 16.0. The molecule has 1 heterocycles. The molecule has 8 heteroatoms. The molecule has 6 nitrogen and oxygen atoms in total. The van der Waals surface area contributed by atoms with Crippen molar-refractivity contribution in [3.8, 4) is 0 Å². The Balaban J connectivity index is 0. The molecule has 0 radical (unpaired) electrons. The molecular formula is C17H35Cl2N5O. The zero-order chi connectivity index (χ0) is 17.1. The molecule has 1 atom stereocenters. The van der Waals surface area contributed by atoms with Gasteiger partial charge in [0.25, 0.3) is 0 Å². The van der Waals surface area contributed by atoms with E-state index in [0.29, 0.717) is 6.54 Å². The van der Waals surface area contributed by atoms with Gasteiger partial charge in [0.05, 0.1) is 6.10 Å². The van der Waals surface area contributed by atoms with Gasteiger partial charge in [0.1, 0.15) is 0 Å². The van der Waals surface area contributed by atoms with Crippen LogP contribution in [-0.4, -0.2) is 67.8 Å². The lowest BCUT2D eigenvalue weighted by Gasteiger charge is -2.32. The minimum absolute atomic E-state index is 0. The van der Waals surface area contributed by atoms with Crippen molar-refractivity contribution in [3.63, 3.8) is 0 Å². The highest BCUT2D eigenvalue weighted by Crippen LogP contribution is 2.11. The molecule has 0 aromatic heterocycles. The molecule has 1 unspecified atom stereocenters. The fraction of sp³-hybridized carbons (Fsp3) is 0.647. The number of nitrogens with two attached hydrogens (primary N) is 3. The highest BCUT2D eigenvalue weighted by molar-refractivity contribution is 5.85. The van der Waals surface area contributed by atoms with E-state index in [-0.39, 0.29) is 31.4 Å². The van der Waals surface area contributed by atoms with Gasteiger partial charge in [0, 0.05) is 39.3 Å². The number of nitrogens with zero attached hydrogens (tertiary/aromatic N) is 2. The second-order valence-electron chi connectivity index (χ2n) is 5.98. The predicted octanol–water partition coefficient (Wildman–Crippen LogP) is 0.564. The van der Waals surface area contributed by atoms with Crippen LogP contribution >= 0.6 is 24.8 Å². The van der Waals surface area contributed by atoms with Crippen LogP contribution in [0.25, 0.3) is 0 Å². The number of piperazine rings is 1. The fourth-order valence-electron chi connectivity index (χ4n) is 2.40. The van der Waals surface area contributed by atoms with Gasteiger partial charge in [-0.05, 0) is 37.7 Å². The van der Waals surface area contributed by atoms with Gasteiger partial charge in [0.15, 0.2) is 0 Å². The summed E-state index contributed by atoms with van der Waals surface area (Å²) < 4.78 is 0. The quantitative estimate of drug-likeness (QED) is 0.560. The third-order valence-electron chi connectivity index (χ3n) is 4.10. The Morgan fingerprint density at radius 1 is 1.00 bits per heavy atom. The minimum atomic E-state index is -0.558. The van der Waals surface area contributed by atoms with Crippen molar-refractivity contribution >= 4 is 24.8 Å². The Bertz CT molecular complexity index is 411. The molecule has 148 valence electrons. The van der Waals surface area contributed by atoms with Gasteiger partial charge in [-0.25, -0.2) is 0 Å². The first-order valence-corrected chi connectivity index (χ1v) is 8.38. The second kappa shape index (κ2) is 15.8. The first-order valence-electron chi connectivity index (χ1n) is 8.38. The number of hydrogen-bond donors (Lipinski definition) is 4. The standard InChI is InChI=1S/C9H14N2O.C8H19N3.2ClH/c10-5-7-1-3-8(4-2-7)9(12)6-11;1-10-5-7-11(8-6-10)4-2-3-9;;/h1-4,9,12H,5-6,10-11H2;2-9H2,1H3;2*1H. The van der Waals surface area contributed by atoms with Crippen molar-refractivity contribution in [3.05, 3.63) is 35.4 Å². The topological polar surface area (TPSA) is 105 Å². The van der Waals surface area contributed by atoms with Crippen molar-refractivity contribution in [1.82, 2.24) is 9.80 Å². The average Bonchev–Trinajstić information content (AvgIpc) is 2.61. The maximum Gasteiger partial charge on any atom is 0.0912 e. The summed E-state index contributed by atoms with van der Waals surface area (Å²) in [5, 5.41) is 9.34. The van der Waals surface area contributed by atoms with Crippen LogP contribution in [0.15, 0.2) is 24.3 Å². The lowest BCUT2D eigenvalue weighted by Crippen LogP contribution is -2.44. The highest BCUT2D eigenvalue weighted by atomic mass is 35.5. The summed E-state index contributed by atoms with van der Waals surface area (Å²) in [6.45, 7) is 7.65. The van der Waals surface area contributed by atoms with Crippen LogP contribution in [0.5, 0.6) is 0 Å². The molecule has 1 saturated heterocycles. The van der Waals surface area contributed by atoms with E-state index in [1.54, 1.807) is 0 Å². The van der Waals surface area contributed by atoms with E-state index in [4.69, 9.17) is 17.2 Å². The number of hydrogen-bond acceptors (Lipinski definition) is 6. The van der Waals surface area contributed by atoms with Crippen LogP contribution in [0.2, 0.25) is 0 Å².